The molecule has 76 valence electrons. The molecule has 1 heterocycles. The van der Waals surface area contributed by atoms with E-state index in [0.29, 0.717) is 0 Å². The van der Waals surface area contributed by atoms with Gasteiger partial charge in [0.15, 0.2) is 0 Å². The van der Waals surface area contributed by atoms with E-state index in [1.165, 1.54) is 0 Å². The van der Waals surface area contributed by atoms with Crippen LogP contribution >= 0.6 is 0 Å². The molecule has 0 amide bonds. The summed E-state index contributed by atoms with van der Waals surface area (Å²) in [5.74, 6) is 0.838. The van der Waals surface area contributed by atoms with Crippen LogP contribution in [0.15, 0.2) is 18.2 Å². The zero-order valence-corrected chi connectivity index (χ0v) is 8.53. The second-order valence-corrected chi connectivity index (χ2v) is 3.65. The Labute approximate surface area is 83.9 Å². The van der Waals surface area contributed by atoms with Crippen LogP contribution in [0.1, 0.15) is 18.1 Å². The van der Waals surface area contributed by atoms with Crippen LogP contribution in [0, 0.1) is 0 Å². The Balaban J connectivity index is 2.45. The quantitative estimate of drug-likeness (QED) is 0.734. The van der Waals surface area contributed by atoms with Gasteiger partial charge in [-0.2, -0.15) is 0 Å². The molecular weight excluding hydrogens is 178 g/mol. The van der Waals surface area contributed by atoms with Crippen molar-refractivity contribution in [2.45, 2.75) is 12.5 Å². The number of hydrogen-bond acceptors (Lipinski definition) is 3. The Kier molecular flexibility index (Phi) is 2.33. The summed E-state index contributed by atoms with van der Waals surface area (Å²) in [6, 6.07) is 5.80. The van der Waals surface area contributed by atoms with Gasteiger partial charge in [0.2, 0.25) is 0 Å². The second-order valence-electron chi connectivity index (χ2n) is 3.65. The van der Waals surface area contributed by atoms with Gasteiger partial charge in [-0.25, -0.2) is 0 Å². The topological polar surface area (TPSA) is 32.7 Å². The van der Waals surface area contributed by atoms with Crippen molar-refractivity contribution in [2.75, 3.05) is 25.6 Å². The molecule has 0 saturated carbocycles. The summed E-state index contributed by atoms with van der Waals surface area (Å²) in [7, 11) is 3.69. The molecule has 3 heteroatoms. The van der Waals surface area contributed by atoms with Crippen LogP contribution in [0.3, 0.4) is 0 Å². The maximum atomic E-state index is 9.78. The first-order chi connectivity index (χ1) is 6.72. The first-order valence-electron chi connectivity index (χ1n) is 4.79. The monoisotopic (exact) mass is 193 g/mol. The predicted octanol–water partition coefficient (Wildman–Crippen LogP) is 1.57. The highest BCUT2D eigenvalue weighted by Gasteiger charge is 2.21. The van der Waals surface area contributed by atoms with Crippen LogP contribution < -0.4 is 9.64 Å². The summed E-state index contributed by atoms with van der Waals surface area (Å²) in [5, 5.41) is 9.78. The van der Waals surface area contributed by atoms with E-state index in [9.17, 15) is 5.11 Å². The van der Waals surface area contributed by atoms with Crippen LogP contribution in [0.2, 0.25) is 0 Å². The number of aliphatic hydroxyl groups is 1. The fraction of sp³-hybridized carbons (Fsp3) is 0.455. The van der Waals surface area contributed by atoms with Gasteiger partial charge in [0.05, 0.1) is 13.2 Å². The highest BCUT2D eigenvalue weighted by atomic mass is 16.5. The smallest absolute Gasteiger partial charge is 0.120 e. The van der Waals surface area contributed by atoms with Gasteiger partial charge in [-0.05, 0) is 12.5 Å². The molecule has 0 saturated heterocycles. The lowest BCUT2D eigenvalue weighted by molar-refractivity contribution is 0.165. The van der Waals surface area contributed by atoms with Crippen molar-refractivity contribution in [3.8, 4) is 5.75 Å². The number of rotatable bonds is 1. The molecule has 14 heavy (non-hydrogen) atoms. The first-order valence-corrected chi connectivity index (χ1v) is 4.79. The fourth-order valence-electron chi connectivity index (χ4n) is 1.85. The molecule has 0 aromatic heterocycles. The molecule has 1 aliphatic rings. The molecule has 1 aromatic rings. The van der Waals surface area contributed by atoms with Gasteiger partial charge in [0.1, 0.15) is 5.75 Å². The minimum atomic E-state index is -0.327. The van der Waals surface area contributed by atoms with Gasteiger partial charge in [-0.1, -0.05) is 6.07 Å². The molecule has 1 N–H and O–H groups in total. The van der Waals surface area contributed by atoms with Crippen molar-refractivity contribution in [3.63, 3.8) is 0 Å². The van der Waals surface area contributed by atoms with E-state index in [1.54, 1.807) is 7.11 Å². The minimum Gasteiger partial charge on any atom is -0.497 e. The predicted molar refractivity (Wildman–Crippen MR) is 55.8 cm³/mol. The molecule has 0 spiro atoms. The third-order valence-electron chi connectivity index (χ3n) is 2.75. The van der Waals surface area contributed by atoms with E-state index in [4.69, 9.17) is 4.74 Å². The number of nitrogens with zero attached hydrogens (tertiary/aromatic N) is 1. The van der Waals surface area contributed by atoms with E-state index in [-0.39, 0.29) is 6.10 Å². The van der Waals surface area contributed by atoms with Crippen molar-refractivity contribution in [1.82, 2.24) is 0 Å². The Morgan fingerprint density at radius 2 is 2.29 bits per heavy atom. The number of ether oxygens (including phenoxy) is 1. The number of aliphatic hydroxyl groups excluding tert-OH is 1. The van der Waals surface area contributed by atoms with E-state index in [2.05, 4.69) is 4.90 Å². The Morgan fingerprint density at radius 1 is 1.50 bits per heavy atom. The maximum absolute atomic E-state index is 9.78. The van der Waals surface area contributed by atoms with Gasteiger partial charge >= 0.3 is 0 Å². The number of anilines is 1. The molecule has 2 rings (SSSR count). The van der Waals surface area contributed by atoms with Crippen LogP contribution in [-0.2, 0) is 0 Å². The van der Waals surface area contributed by atoms with Crippen molar-refractivity contribution in [1.29, 1.82) is 0 Å². The fourth-order valence-corrected chi connectivity index (χ4v) is 1.85. The van der Waals surface area contributed by atoms with Crippen molar-refractivity contribution in [3.05, 3.63) is 23.8 Å². The molecular formula is C11H15NO2. The van der Waals surface area contributed by atoms with Crippen LogP contribution in [0.4, 0.5) is 5.69 Å². The summed E-state index contributed by atoms with van der Waals surface area (Å²) in [5.41, 5.74) is 2.07. The number of fused-ring (bicyclic) bond motifs is 1. The zero-order valence-electron chi connectivity index (χ0n) is 8.53. The SMILES string of the molecule is COc1ccc2c(c1)N(C)CCC2O. The second kappa shape index (κ2) is 3.50. The molecule has 3 nitrogen and oxygen atoms in total. The largest absolute Gasteiger partial charge is 0.497 e. The highest BCUT2D eigenvalue weighted by Crippen LogP contribution is 2.35. The van der Waals surface area contributed by atoms with Crippen LogP contribution in [-0.4, -0.2) is 25.8 Å². The van der Waals surface area contributed by atoms with E-state index < -0.39 is 0 Å². The Bertz CT molecular complexity index is 338. The molecule has 0 bridgehead atoms. The van der Waals surface area contributed by atoms with E-state index >= 15 is 0 Å². The van der Waals surface area contributed by atoms with Gasteiger partial charge in [0.25, 0.3) is 0 Å². The Hall–Kier alpha value is -1.22. The lowest BCUT2D eigenvalue weighted by atomic mass is 9.99. The normalized spacial score (nSPS) is 20.5. The maximum Gasteiger partial charge on any atom is 0.120 e. The summed E-state index contributed by atoms with van der Waals surface area (Å²) in [6.45, 7) is 0.890. The summed E-state index contributed by atoms with van der Waals surface area (Å²) >= 11 is 0. The lowest BCUT2D eigenvalue weighted by Gasteiger charge is -2.30. The third kappa shape index (κ3) is 1.44. The molecule has 1 atom stereocenters. The number of hydrogen-bond donors (Lipinski definition) is 1. The summed E-state index contributed by atoms with van der Waals surface area (Å²) in [6.07, 6.45) is 0.475. The van der Waals surface area contributed by atoms with Gasteiger partial charge < -0.3 is 14.7 Å². The summed E-state index contributed by atoms with van der Waals surface area (Å²) < 4.78 is 5.16. The van der Waals surface area contributed by atoms with Crippen molar-refractivity contribution < 1.29 is 9.84 Å². The lowest BCUT2D eigenvalue weighted by Crippen LogP contribution is -2.27. The Morgan fingerprint density at radius 3 is 3.00 bits per heavy atom. The standard InChI is InChI=1S/C11H15NO2/c1-12-6-5-11(13)9-4-3-8(14-2)7-10(9)12/h3-4,7,11,13H,5-6H2,1-2H3. The van der Waals surface area contributed by atoms with Crippen LogP contribution in [0.5, 0.6) is 5.75 Å². The van der Waals surface area contributed by atoms with E-state index in [1.807, 2.05) is 25.2 Å². The van der Waals surface area contributed by atoms with Crippen LogP contribution in [0.25, 0.3) is 0 Å². The molecule has 1 aliphatic heterocycles. The van der Waals surface area contributed by atoms with Crippen molar-refractivity contribution in [2.24, 2.45) is 0 Å². The average molecular weight is 193 g/mol. The minimum absolute atomic E-state index is 0.327. The molecule has 0 radical (unpaired) electrons. The zero-order chi connectivity index (χ0) is 10.1. The highest BCUT2D eigenvalue weighted by molar-refractivity contribution is 5.59. The first kappa shape index (κ1) is 9.34. The molecule has 1 aromatic carbocycles. The van der Waals surface area contributed by atoms with Gasteiger partial charge in [0, 0.05) is 30.9 Å². The molecule has 1 unspecified atom stereocenters. The molecule has 0 fully saturated rings. The third-order valence-corrected chi connectivity index (χ3v) is 2.75. The number of benzene rings is 1. The average Bonchev–Trinajstić information content (AvgIpc) is 2.23. The van der Waals surface area contributed by atoms with Gasteiger partial charge in [-0.15, -0.1) is 0 Å². The molecule has 0 aliphatic carbocycles. The summed E-state index contributed by atoms with van der Waals surface area (Å²) in [4.78, 5) is 2.14. The van der Waals surface area contributed by atoms with Gasteiger partial charge in [-0.3, -0.25) is 0 Å². The number of methoxy groups -OCH3 is 1. The van der Waals surface area contributed by atoms with E-state index in [0.717, 1.165) is 30.0 Å². The van der Waals surface area contributed by atoms with Crippen molar-refractivity contribution >= 4 is 5.69 Å².